The topological polar surface area (TPSA) is 50.2 Å². The molecule has 0 aliphatic heterocycles. The van der Waals surface area contributed by atoms with Gasteiger partial charge in [-0.3, -0.25) is 0 Å². The summed E-state index contributed by atoms with van der Waals surface area (Å²) < 4.78 is 5.05. The number of nitrogens with zero attached hydrogens (tertiary/aromatic N) is 1. The Morgan fingerprint density at radius 2 is 2.31 bits per heavy atom. The number of hydrogen-bond donors (Lipinski definition) is 1. The standard InChI is InChI=1S/C9H7NO2S/c1-5-8-6(9(11)12)3-2-4-7(8)13-10-5/h2-4H,1H3,(H,11,12). The molecule has 0 fully saturated rings. The first-order valence-electron chi connectivity index (χ1n) is 3.78. The lowest BCUT2D eigenvalue weighted by Gasteiger charge is -1.96. The van der Waals surface area contributed by atoms with E-state index in [9.17, 15) is 4.79 Å². The van der Waals surface area contributed by atoms with E-state index >= 15 is 0 Å². The van der Waals surface area contributed by atoms with Gasteiger partial charge in [-0.15, -0.1) is 0 Å². The van der Waals surface area contributed by atoms with Crippen molar-refractivity contribution in [3.05, 3.63) is 29.5 Å². The molecule has 0 radical (unpaired) electrons. The minimum atomic E-state index is -0.895. The zero-order valence-electron chi connectivity index (χ0n) is 6.94. The van der Waals surface area contributed by atoms with Crippen molar-refractivity contribution in [1.82, 2.24) is 4.37 Å². The molecule has 13 heavy (non-hydrogen) atoms. The van der Waals surface area contributed by atoms with Gasteiger partial charge in [0.2, 0.25) is 0 Å². The van der Waals surface area contributed by atoms with Crippen LogP contribution in [0.1, 0.15) is 16.1 Å². The fraction of sp³-hybridized carbons (Fsp3) is 0.111. The normalized spacial score (nSPS) is 10.5. The number of rotatable bonds is 1. The van der Waals surface area contributed by atoms with Crippen molar-refractivity contribution < 1.29 is 9.90 Å². The maximum Gasteiger partial charge on any atom is 0.336 e. The average Bonchev–Trinajstić information content (AvgIpc) is 2.48. The molecule has 2 rings (SSSR count). The van der Waals surface area contributed by atoms with Gasteiger partial charge in [0.1, 0.15) is 0 Å². The SMILES string of the molecule is Cc1nsc2cccc(C(=O)O)c12. The Labute approximate surface area is 78.8 Å². The monoisotopic (exact) mass is 193 g/mol. The van der Waals surface area contributed by atoms with E-state index in [-0.39, 0.29) is 0 Å². The average molecular weight is 193 g/mol. The molecule has 1 N–H and O–H groups in total. The number of carboxylic acids is 1. The number of benzene rings is 1. The zero-order valence-corrected chi connectivity index (χ0v) is 7.76. The Morgan fingerprint density at radius 1 is 1.54 bits per heavy atom. The minimum absolute atomic E-state index is 0.337. The quantitative estimate of drug-likeness (QED) is 0.756. The lowest BCUT2D eigenvalue weighted by atomic mass is 10.1. The molecule has 3 nitrogen and oxygen atoms in total. The molecule has 0 aliphatic rings. The van der Waals surface area contributed by atoms with Gasteiger partial charge in [0, 0.05) is 5.39 Å². The highest BCUT2D eigenvalue weighted by Crippen LogP contribution is 2.25. The van der Waals surface area contributed by atoms with Crippen LogP contribution in [0.25, 0.3) is 10.1 Å². The van der Waals surface area contributed by atoms with E-state index in [1.54, 1.807) is 12.1 Å². The van der Waals surface area contributed by atoms with Crippen molar-refractivity contribution in [2.24, 2.45) is 0 Å². The van der Waals surface area contributed by atoms with Gasteiger partial charge in [-0.05, 0) is 30.6 Å². The number of hydrogen-bond acceptors (Lipinski definition) is 3. The van der Waals surface area contributed by atoms with E-state index in [2.05, 4.69) is 4.37 Å². The Balaban J connectivity index is 2.88. The van der Waals surface area contributed by atoms with Crippen LogP contribution in [-0.2, 0) is 0 Å². The highest BCUT2D eigenvalue weighted by atomic mass is 32.1. The first-order valence-corrected chi connectivity index (χ1v) is 4.56. The van der Waals surface area contributed by atoms with Gasteiger partial charge in [0.25, 0.3) is 0 Å². The van der Waals surface area contributed by atoms with E-state index in [0.29, 0.717) is 5.56 Å². The first-order chi connectivity index (χ1) is 6.20. The smallest absolute Gasteiger partial charge is 0.336 e. The molecule has 0 spiro atoms. The van der Waals surface area contributed by atoms with Gasteiger partial charge in [-0.25, -0.2) is 4.79 Å². The van der Waals surface area contributed by atoms with Gasteiger partial charge >= 0.3 is 5.97 Å². The van der Waals surface area contributed by atoms with Crippen LogP contribution in [0.2, 0.25) is 0 Å². The fourth-order valence-corrected chi connectivity index (χ4v) is 2.14. The molecule has 1 aromatic heterocycles. The summed E-state index contributed by atoms with van der Waals surface area (Å²) in [4.78, 5) is 10.8. The van der Waals surface area contributed by atoms with Gasteiger partial charge < -0.3 is 5.11 Å². The second-order valence-electron chi connectivity index (χ2n) is 2.75. The number of aromatic nitrogens is 1. The number of carbonyl (C=O) groups is 1. The molecule has 66 valence electrons. The molecule has 1 aromatic carbocycles. The van der Waals surface area contributed by atoms with Crippen molar-refractivity contribution >= 4 is 27.6 Å². The van der Waals surface area contributed by atoms with E-state index in [4.69, 9.17) is 5.11 Å². The van der Waals surface area contributed by atoms with Crippen molar-refractivity contribution in [1.29, 1.82) is 0 Å². The van der Waals surface area contributed by atoms with E-state index in [1.807, 2.05) is 13.0 Å². The molecule has 1 heterocycles. The van der Waals surface area contributed by atoms with Gasteiger partial charge in [-0.1, -0.05) is 6.07 Å². The minimum Gasteiger partial charge on any atom is -0.478 e. The van der Waals surface area contributed by atoms with Crippen molar-refractivity contribution in [2.75, 3.05) is 0 Å². The molecular formula is C9H7NO2S. The summed E-state index contributed by atoms with van der Waals surface area (Å²) in [5.74, 6) is -0.895. The van der Waals surface area contributed by atoms with Crippen LogP contribution >= 0.6 is 11.5 Å². The van der Waals surface area contributed by atoms with Crippen LogP contribution in [0.4, 0.5) is 0 Å². The van der Waals surface area contributed by atoms with Gasteiger partial charge in [0.15, 0.2) is 0 Å². The van der Waals surface area contributed by atoms with Gasteiger partial charge in [0.05, 0.1) is 16.0 Å². The van der Waals surface area contributed by atoms with Crippen LogP contribution in [0, 0.1) is 6.92 Å². The zero-order chi connectivity index (χ0) is 9.42. The van der Waals surface area contributed by atoms with Crippen LogP contribution in [0.3, 0.4) is 0 Å². The Bertz CT molecular complexity index is 475. The summed E-state index contributed by atoms with van der Waals surface area (Å²) >= 11 is 1.33. The number of aromatic carboxylic acids is 1. The Morgan fingerprint density at radius 3 is 3.00 bits per heavy atom. The maximum absolute atomic E-state index is 10.8. The second kappa shape index (κ2) is 2.81. The summed E-state index contributed by atoms with van der Waals surface area (Å²) in [6.45, 7) is 1.82. The Kier molecular flexibility index (Phi) is 1.77. The molecule has 0 atom stereocenters. The van der Waals surface area contributed by atoms with Crippen LogP contribution in [0.15, 0.2) is 18.2 Å². The molecule has 0 amide bonds. The molecular weight excluding hydrogens is 186 g/mol. The first kappa shape index (κ1) is 8.19. The summed E-state index contributed by atoms with van der Waals surface area (Å²) in [6.07, 6.45) is 0. The number of carboxylic acid groups (broad SMARTS) is 1. The van der Waals surface area contributed by atoms with E-state index in [1.165, 1.54) is 11.5 Å². The summed E-state index contributed by atoms with van der Waals surface area (Å²) in [5.41, 5.74) is 1.13. The fourth-order valence-electron chi connectivity index (χ4n) is 1.32. The van der Waals surface area contributed by atoms with Gasteiger partial charge in [-0.2, -0.15) is 4.37 Å². The molecule has 0 unspecified atom stereocenters. The highest BCUT2D eigenvalue weighted by molar-refractivity contribution is 7.13. The lowest BCUT2D eigenvalue weighted by molar-refractivity contribution is 0.0699. The van der Waals surface area contributed by atoms with E-state index in [0.717, 1.165) is 15.8 Å². The molecule has 4 heteroatoms. The number of aryl methyl sites for hydroxylation is 1. The second-order valence-corrected chi connectivity index (χ2v) is 3.56. The third kappa shape index (κ3) is 1.19. The molecule has 2 aromatic rings. The Hall–Kier alpha value is -1.42. The molecule has 0 bridgehead atoms. The van der Waals surface area contributed by atoms with Crippen molar-refractivity contribution in [3.63, 3.8) is 0 Å². The largest absolute Gasteiger partial charge is 0.478 e. The highest BCUT2D eigenvalue weighted by Gasteiger charge is 2.11. The van der Waals surface area contributed by atoms with E-state index < -0.39 is 5.97 Å². The third-order valence-electron chi connectivity index (χ3n) is 1.90. The predicted molar refractivity (Wildman–Crippen MR) is 51.3 cm³/mol. The third-order valence-corrected chi connectivity index (χ3v) is 2.80. The summed E-state index contributed by atoms with van der Waals surface area (Å²) in [6, 6.07) is 5.22. The molecule has 0 saturated carbocycles. The molecule has 0 saturated heterocycles. The maximum atomic E-state index is 10.8. The van der Waals surface area contributed by atoms with Crippen molar-refractivity contribution in [3.8, 4) is 0 Å². The van der Waals surface area contributed by atoms with Crippen LogP contribution in [0.5, 0.6) is 0 Å². The number of fused-ring (bicyclic) bond motifs is 1. The molecule has 0 aliphatic carbocycles. The summed E-state index contributed by atoms with van der Waals surface area (Å²) in [7, 11) is 0. The van der Waals surface area contributed by atoms with Crippen LogP contribution < -0.4 is 0 Å². The lowest BCUT2D eigenvalue weighted by Crippen LogP contribution is -1.96. The van der Waals surface area contributed by atoms with Crippen molar-refractivity contribution in [2.45, 2.75) is 6.92 Å². The predicted octanol–water partition coefficient (Wildman–Crippen LogP) is 2.30. The summed E-state index contributed by atoms with van der Waals surface area (Å²) in [5, 5.41) is 9.67. The van der Waals surface area contributed by atoms with Crippen LogP contribution in [-0.4, -0.2) is 15.4 Å².